The first-order chi connectivity index (χ1) is 10.0. The molecule has 0 bridgehead atoms. The van der Waals surface area contributed by atoms with E-state index in [9.17, 15) is 9.59 Å². The maximum atomic E-state index is 11.4. The normalized spacial score (nSPS) is 10.0. The molecule has 7 nitrogen and oxygen atoms in total. The average molecular weight is 287 g/mol. The second-order valence-corrected chi connectivity index (χ2v) is 4.22. The van der Waals surface area contributed by atoms with Gasteiger partial charge in [0.15, 0.2) is 0 Å². The number of carboxylic acid groups (broad SMARTS) is 1. The van der Waals surface area contributed by atoms with Crippen molar-refractivity contribution in [1.82, 2.24) is 9.97 Å². The number of anilines is 2. The number of ether oxygens (including phenoxy) is 1. The highest BCUT2D eigenvalue weighted by Gasteiger charge is 2.11. The fraction of sp³-hybridized carbons (Fsp3) is 0.143. The van der Waals surface area contributed by atoms with Crippen LogP contribution in [0.5, 0.6) is 0 Å². The lowest BCUT2D eigenvalue weighted by Gasteiger charge is -2.08. The van der Waals surface area contributed by atoms with Crippen molar-refractivity contribution in [2.45, 2.75) is 6.92 Å². The molecule has 2 N–H and O–H groups in total. The molecule has 108 valence electrons. The number of aryl methyl sites for hydroxylation is 1. The number of carbonyl (C=O) groups excluding carboxylic acids is 1. The van der Waals surface area contributed by atoms with Crippen molar-refractivity contribution >= 4 is 23.4 Å². The van der Waals surface area contributed by atoms with Crippen molar-refractivity contribution in [2.24, 2.45) is 0 Å². The molecule has 1 heterocycles. The zero-order valence-corrected chi connectivity index (χ0v) is 11.5. The summed E-state index contributed by atoms with van der Waals surface area (Å²) in [5.74, 6) is -1.36. The number of carbonyl (C=O) groups is 2. The molecule has 1 aromatic heterocycles. The summed E-state index contributed by atoms with van der Waals surface area (Å²) in [5, 5.41) is 12.0. The maximum absolute atomic E-state index is 11.4. The second-order valence-electron chi connectivity index (χ2n) is 4.22. The Kier molecular flexibility index (Phi) is 4.13. The van der Waals surface area contributed by atoms with E-state index in [1.165, 1.54) is 19.4 Å². The number of rotatable bonds is 4. The number of hydrogen-bond acceptors (Lipinski definition) is 6. The van der Waals surface area contributed by atoms with Crippen molar-refractivity contribution in [2.75, 3.05) is 12.4 Å². The van der Waals surface area contributed by atoms with E-state index in [1.807, 2.05) is 0 Å². The third-order valence-corrected chi connectivity index (χ3v) is 2.76. The highest BCUT2D eigenvalue weighted by molar-refractivity contribution is 5.91. The number of nitrogens with one attached hydrogen (secondary N) is 1. The third-order valence-electron chi connectivity index (χ3n) is 2.76. The van der Waals surface area contributed by atoms with Crippen LogP contribution in [0.15, 0.2) is 30.5 Å². The number of hydrogen-bond donors (Lipinski definition) is 2. The van der Waals surface area contributed by atoms with Gasteiger partial charge in [-0.15, -0.1) is 0 Å². The molecule has 2 rings (SSSR count). The molecule has 0 atom stereocenters. The zero-order valence-electron chi connectivity index (χ0n) is 11.5. The van der Waals surface area contributed by atoms with E-state index in [0.29, 0.717) is 17.1 Å². The van der Waals surface area contributed by atoms with Gasteiger partial charge in [0.25, 0.3) is 0 Å². The molecule has 2 aromatic rings. The van der Waals surface area contributed by atoms with Crippen LogP contribution in [-0.2, 0) is 4.74 Å². The Morgan fingerprint density at radius 1 is 1.29 bits per heavy atom. The third kappa shape index (κ3) is 3.33. The van der Waals surface area contributed by atoms with Gasteiger partial charge in [-0.25, -0.2) is 19.6 Å². The molecule has 0 unspecified atom stereocenters. The Hall–Kier alpha value is -2.96. The zero-order chi connectivity index (χ0) is 15.4. The first-order valence-electron chi connectivity index (χ1n) is 6.03. The van der Waals surface area contributed by atoms with Crippen molar-refractivity contribution in [3.05, 3.63) is 47.4 Å². The monoisotopic (exact) mass is 287 g/mol. The van der Waals surface area contributed by atoms with E-state index >= 15 is 0 Å². The molecule has 0 amide bonds. The lowest BCUT2D eigenvalue weighted by Crippen LogP contribution is -2.08. The van der Waals surface area contributed by atoms with Crippen LogP contribution in [0.3, 0.4) is 0 Å². The second kappa shape index (κ2) is 6.00. The minimum atomic E-state index is -1.01. The van der Waals surface area contributed by atoms with Crippen LogP contribution in [0.25, 0.3) is 0 Å². The van der Waals surface area contributed by atoms with Gasteiger partial charge in [-0.3, -0.25) is 0 Å². The number of nitrogens with zero attached hydrogens (tertiary/aromatic N) is 2. The van der Waals surface area contributed by atoms with Gasteiger partial charge in [0.05, 0.1) is 12.7 Å². The fourth-order valence-electron chi connectivity index (χ4n) is 1.70. The smallest absolute Gasteiger partial charge is 0.376 e. The largest absolute Gasteiger partial charge is 0.478 e. The summed E-state index contributed by atoms with van der Waals surface area (Å²) in [5.41, 5.74) is 1.40. The Bertz CT molecular complexity index is 700. The van der Waals surface area contributed by atoms with Gasteiger partial charge in [0, 0.05) is 11.9 Å². The molecule has 0 saturated heterocycles. The van der Waals surface area contributed by atoms with Crippen LogP contribution in [0.4, 0.5) is 11.5 Å². The van der Waals surface area contributed by atoms with Crippen molar-refractivity contribution in [3.8, 4) is 0 Å². The standard InChI is InChI=1S/C14H13N3O4/c1-8-3-4-9(7-10(8)13(18)19)16-11-5-6-15-12(17-11)14(20)21-2/h3-7H,1-2H3,(H,18,19)(H,15,16,17). The van der Waals surface area contributed by atoms with Gasteiger partial charge in [0.1, 0.15) is 5.82 Å². The van der Waals surface area contributed by atoms with E-state index in [0.717, 1.165) is 0 Å². The number of aromatic nitrogens is 2. The van der Waals surface area contributed by atoms with Crippen LogP contribution in [-0.4, -0.2) is 34.1 Å². The molecule has 0 fully saturated rings. The number of esters is 1. The summed E-state index contributed by atoms with van der Waals surface area (Å²) in [4.78, 5) is 30.2. The van der Waals surface area contributed by atoms with Crippen molar-refractivity contribution in [3.63, 3.8) is 0 Å². The Morgan fingerprint density at radius 2 is 2.05 bits per heavy atom. The molecular weight excluding hydrogens is 274 g/mol. The van der Waals surface area contributed by atoms with Crippen LogP contribution in [0, 0.1) is 6.92 Å². The first kappa shape index (κ1) is 14.4. The molecule has 0 saturated carbocycles. The predicted octanol–water partition coefficient (Wildman–Crippen LogP) is 2.01. The van der Waals surface area contributed by atoms with Crippen LogP contribution >= 0.6 is 0 Å². The van der Waals surface area contributed by atoms with Gasteiger partial charge in [-0.2, -0.15) is 0 Å². The average Bonchev–Trinajstić information content (AvgIpc) is 2.48. The topological polar surface area (TPSA) is 101 Å². The Labute approximate surface area is 120 Å². The maximum Gasteiger partial charge on any atom is 0.376 e. The van der Waals surface area contributed by atoms with Gasteiger partial charge in [-0.05, 0) is 30.7 Å². The highest BCUT2D eigenvalue weighted by Crippen LogP contribution is 2.19. The van der Waals surface area contributed by atoms with E-state index < -0.39 is 11.9 Å². The molecule has 1 aromatic carbocycles. The molecule has 0 aliphatic heterocycles. The van der Waals surface area contributed by atoms with E-state index in [1.54, 1.807) is 25.1 Å². The Morgan fingerprint density at radius 3 is 2.71 bits per heavy atom. The number of methoxy groups -OCH3 is 1. The summed E-state index contributed by atoms with van der Waals surface area (Å²) < 4.78 is 4.54. The molecule has 7 heteroatoms. The van der Waals surface area contributed by atoms with Crippen LogP contribution < -0.4 is 5.32 Å². The van der Waals surface area contributed by atoms with Crippen molar-refractivity contribution < 1.29 is 19.4 Å². The number of aromatic carboxylic acids is 1. The van der Waals surface area contributed by atoms with Gasteiger partial charge < -0.3 is 15.2 Å². The van der Waals surface area contributed by atoms with E-state index in [2.05, 4.69) is 20.0 Å². The van der Waals surface area contributed by atoms with E-state index in [-0.39, 0.29) is 11.4 Å². The summed E-state index contributed by atoms with van der Waals surface area (Å²) in [6, 6.07) is 6.47. The quantitative estimate of drug-likeness (QED) is 0.829. The van der Waals surface area contributed by atoms with Crippen molar-refractivity contribution in [1.29, 1.82) is 0 Å². The molecule has 0 spiro atoms. The predicted molar refractivity (Wildman–Crippen MR) is 74.8 cm³/mol. The summed E-state index contributed by atoms with van der Waals surface area (Å²) in [6.07, 6.45) is 1.41. The minimum Gasteiger partial charge on any atom is -0.478 e. The summed E-state index contributed by atoms with van der Waals surface area (Å²) >= 11 is 0. The highest BCUT2D eigenvalue weighted by atomic mass is 16.5. The summed E-state index contributed by atoms with van der Waals surface area (Å²) in [7, 11) is 1.24. The van der Waals surface area contributed by atoms with E-state index in [4.69, 9.17) is 5.11 Å². The number of carboxylic acids is 1. The molecule has 0 aliphatic rings. The molecular formula is C14H13N3O4. The fourth-order valence-corrected chi connectivity index (χ4v) is 1.70. The number of benzene rings is 1. The summed E-state index contributed by atoms with van der Waals surface area (Å²) in [6.45, 7) is 1.72. The lowest BCUT2D eigenvalue weighted by molar-refractivity contribution is 0.0586. The minimum absolute atomic E-state index is 0.0759. The molecule has 0 aliphatic carbocycles. The van der Waals surface area contributed by atoms with Gasteiger partial charge >= 0.3 is 11.9 Å². The van der Waals surface area contributed by atoms with Gasteiger partial charge in [-0.1, -0.05) is 6.07 Å². The first-order valence-corrected chi connectivity index (χ1v) is 6.03. The van der Waals surface area contributed by atoms with Gasteiger partial charge in [0.2, 0.25) is 5.82 Å². The molecule has 21 heavy (non-hydrogen) atoms. The Balaban J connectivity index is 2.28. The lowest BCUT2D eigenvalue weighted by atomic mass is 10.1. The SMILES string of the molecule is COC(=O)c1nccc(Nc2ccc(C)c(C(=O)O)c2)n1. The molecule has 0 radical (unpaired) electrons. The van der Waals surface area contributed by atoms with Crippen LogP contribution in [0.2, 0.25) is 0 Å². The van der Waals surface area contributed by atoms with Crippen LogP contribution in [0.1, 0.15) is 26.5 Å².